The molecule has 0 radical (unpaired) electrons. The van der Waals surface area contributed by atoms with Crippen LogP contribution in [-0.4, -0.2) is 30.1 Å². The zero-order valence-electron chi connectivity index (χ0n) is 10.3. The molecule has 0 saturated carbocycles. The summed E-state index contributed by atoms with van der Waals surface area (Å²) in [5.74, 6) is -1.07. The Labute approximate surface area is 119 Å². The molecule has 0 aliphatic carbocycles. The van der Waals surface area contributed by atoms with E-state index in [-0.39, 0.29) is 17.4 Å². The van der Waals surface area contributed by atoms with E-state index in [2.05, 4.69) is 26.6 Å². The van der Waals surface area contributed by atoms with Crippen molar-refractivity contribution in [2.75, 3.05) is 18.4 Å². The molecule has 0 unspecified atom stereocenters. The molecule has 2 rings (SSSR count). The summed E-state index contributed by atoms with van der Waals surface area (Å²) in [6, 6.07) is 4.78. The zero-order valence-corrected chi connectivity index (χ0v) is 11.9. The molecule has 1 saturated heterocycles. The van der Waals surface area contributed by atoms with Gasteiger partial charge in [-0.1, -0.05) is 0 Å². The fourth-order valence-corrected chi connectivity index (χ4v) is 2.51. The van der Waals surface area contributed by atoms with Gasteiger partial charge in [-0.3, -0.25) is 4.79 Å². The van der Waals surface area contributed by atoms with E-state index >= 15 is 0 Å². The van der Waals surface area contributed by atoms with Gasteiger partial charge in [-0.15, -0.1) is 0 Å². The number of benzene rings is 1. The topological polar surface area (TPSA) is 78.4 Å². The summed E-state index contributed by atoms with van der Waals surface area (Å²) < 4.78 is 0.500. The van der Waals surface area contributed by atoms with Crippen LogP contribution < -0.4 is 10.6 Å². The van der Waals surface area contributed by atoms with Crippen molar-refractivity contribution in [3.8, 4) is 0 Å². The molecule has 0 atom stereocenters. The number of amides is 1. The molecular weight excluding hydrogens is 312 g/mol. The fourth-order valence-electron chi connectivity index (χ4n) is 2.10. The zero-order chi connectivity index (χ0) is 13.8. The number of hydrogen-bond acceptors (Lipinski definition) is 3. The van der Waals surface area contributed by atoms with Crippen LogP contribution in [0.25, 0.3) is 0 Å². The summed E-state index contributed by atoms with van der Waals surface area (Å²) >= 11 is 3.17. The first kappa shape index (κ1) is 14.0. The molecule has 0 spiro atoms. The highest BCUT2D eigenvalue weighted by Gasteiger charge is 2.21. The maximum Gasteiger partial charge on any atom is 0.336 e. The summed E-state index contributed by atoms with van der Waals surface area (Å²) in [6.45, 7) is 1.69. The summed E-state index contributed by atoms with van der Waals surface area (Å²) in [5, 5.41) is 15.0. The predicted molar refractivity (Wildman–Crippen MR) is 75.3 cm³/mol. The van der Waals surface area contributed by atoms with Gasteiger partial charge < -0.3 is 15.7 Å². The van der Waals surface area contributed by atoms with Crippen LogP contribution in [0.15, 0.2) is 22.7 Å². The van der Waals surface area contributed by atoms with Crippen LogP contribution in [0.1, 0.15) is 23.2 Å². The summed E-state index contributed by atoms with van der Waals surface area (Å²) in [6.07, 6.45) is 1.63. The molecule has 0 aromatic heterocycles. The van der Waals surface area contributed by atoms with E-state index in [1.807, 2.05) is 0 Å². The van der Waals surface area contributed by atoms with Gasteiger partial charge in [-0.25, -0.2) is 4.79 Å². The number of carboxylic acids is 1. The minimum absolute atomic E-state index is 0.00169. The maximum atomic E-state index is 12.0. The molecule has 19 heavy (non-hydrogen) atoms. The summed E-state index contributed by atoms with van der Waals surface area (Å²) in [4.78, 5) is 23.0. The molecule has 1 aliphatic heterocycles. The van der Waals surface area contributed by atoms with E-state index in [0.717, 1.165) is 25.9 Å². The van der Waals surface area contributed by atoms with E-state index in [1.54, 1.807) is 12.1 Å². The molecule has 1 aromatic carbocycles. The van der Waals surface area contributed by atoms with Gasteiger partial charge in [0.1, 0.15) is 0 Å². The molecule has 6 heteroatoms. The first-order chi connectivity index (χ1) is 9.08. The Hall–Kier alpha value is -1.40. The summed E-state index contributed by atoms with van der Waals surface area (Å²) in [5.41, 5.74) is 0.659. The lowest BCUT2D eigenvalue weighted by Crippen LogP contribution is -2.34. The highest BCUT2D eigenvalue weighted by Crippen LogP contribution is 2.22. The SMILES string of the molecule is O=C(O)c1cc(NC(=O)C2CCNCC2)ccc1Br. The molecular formula is C13H15BrN2O3. The van der Waals surface area contributed by atoms with Crippen molar-refractivity contribution in [3.05, 3.63) is 28.2 Å². The third-order valence-electron chi connectivity index (χ3n) is 3.17. The normalized spacial score (nSPS) is 16.1. The number of rotatable bonds is 3. The molecule has 1 aliphatic rings. The van der Waals surface area contributed by atoms with Crippen LogP contribution >= 0.6 is 15.9 Å². The molecule has 102 valence electrons. The Balaban J connectivity index is 2.08. The minimum Gasteiger partial charge on any atom is -0.478 e. The fraction of sp³-hybridized carbons (Fsp3) is 0.385. The van der Waals surface area contributed by atoms with Crippen LogP contribution in [0.3, 0.4) is 0 Å². The van der Waals surface area contributed by atoms with Crippen LogP contribution in [0.5, 0.6) is 0 Å². The average molecular weight is 327 g/mol. The molecule has 5 nitrogen and oxygen atoms in total. The van der Waals surface area contributed by atoms with E-state index in [0.29, 0.717) is 10.2 Å². The second-order valence-electron chi connectivity index (χ2n) is 4.51. The first-order valence-electron chi connectivity index (χ1n) is 6.12. The predicted octanol–water partition coefficient (Wildman–Crippen LogP) is 2.09. The van der Waals surface area contributed by atoms with Gasteiger partial charge in [0.2, 0.25) is 5.91 Å². The quantitative estimate of drug-likeness (QED) is 0.794. The Morgan fingerprint density at radius 2 is 2.00 bits per heavy atom. The van der Waals surface area contributed by atoms with Gasteiger partial charge in [0, 0.05) is 16.1 Å². The number of nitrogens with one attached hydrogen (secondary N) is 2. The smallest absolute Gasteiger partial charge is 0.336 e. The van der Waals surface area contributed by atoms with Crippen LogP contribution in [-0.2, 0) is 4.79 Å². The Bertz CT molecular complexity index is 499. The first-order valence-corrected chi connectivity index (χ1v) is 6.91. The standard InChI is InChI=1S/C13H15BrN2O3/c14-11-2-1-9(7-10(11)13(18)19)16-12(17)8-3-5-15-6-4-8/h1-2,7-8,15H,3-6H2,(H,16,17)(H,18,19). The van der Waals surface area contributed by atoms with Crippen molar-refractivity contribution in [3.63, 3.8) is 0 Å². The van der Waals surface area contributed by atoms with E-state index in [4.69, 9.17) is 5.11 Å². The lowest BCUT2D eigenvalue weighted by molar-refractivity contribution is -0.120. The Morgan fingerprint density at radius 1 is 1.32 bits per heavy atom. The number of anilines is 1. The van der Waals surface area contributed by atoms with Crippen LogP contribution in [0, 0.1) is 5.92 Å². The minimum atomic E-state index is -1.02. The van der Waals surface area contributed by atoms with Crippen molar-refractivity contribution >= 4 is 33.5 Å². The Kier molecular flexibility index (Phi) is 4.55. The maximum absolute atomic E-state index is 12.0. The number of carbonyl (C=O) groups excluding carboxylic acids is 1. The van der Waals surface area contributed by atoms with Gasteiger partial charge in [-0.05, 0) is 60.1 Å². The molecule has 0 bridgehead atoms. The van der Waals surface area contributed by atoms with Gasteiger partial charge in [0.15, 0.2) is 0 Å². The highest BCUT2D eigenvalue weighted by atomic mass is 79.9. The van der Waals surface area contributed by atoms with Crippen LogP contribution in [0.4, 0.5) is 5.69 Å². The van der Waals surface area contributed by atoms with Crippen molar-refractivity contribution < 1.29 is 14.7 Å². The van der Waals surface area contributed by atoms with Crippen molar-refractivity contribution in [1.82, 2.24) is 5.32 Å². The van der Waals surface area contributed by atoms with Crippen molar-refractivity contribution in [2.45, 2.75) is 12.8 Å². The Morgan fingerprint density at radius 3 is 2.63 bits per heavy atom. The monoisotopic (exact) mass is 326 g/mol. The number of halogens is 1. The van der Waals surface area contributed by atoms with Gasteiger partial charge in [-0.2, -0.15) is 0 Å². The summed E-state index contributed by atoms with van der Waals surface area (Å²) in [7, 11) is 0. The second-order valence-corrected chi connectivity index (χ2v) is 5.37. The van der Waals surface area contributed by atoms with Gasteiger partial charge in [0.25, 0.3) is 0 Å². The average Bonchev–Trinajstić information content (AvgIpc) is 2.41. The number of hydrogen-bond donors (Lipinski definition) is 3. The molecule has 3 N–H and O–H groups in total. The van der Waals surface area contributed by atoms with Crippen molar-refractivity contribution in [1.29, 1.82) is 0 Å². The largest absolute Gasteiger partial charge is 0.478 e. The number of piperidine rings is 1. The lowest BCUT2D eigenvalue weighted by atomic mass is 9.97. The lowest BCUT2D eigenvalue weighted by Gasteiger charge is -2.21. The number of carbonyl (C=O) groups is 2. The van der Waals surface area contributed by atoms with Crippen molar-refractivity contribution in [2.24, 2.45) is 5.92 Å². The number of carboxylic acid groups (broad SMARTS) is 1. The third kappa shape index (κ3) is 3.54. The second kappa shape index (κ2) is 6.16. The molecule has 1 fully saturated rings. The van der Waals surface area contributed by atoms with E-state index < -0.39 is 5.97 Å². The van der Waals surface area contributed by atoms with E-state index in [1.165, 1.54) is 6.07 Å². The van der Waals surface area contributed by atoms with Gasteiger partial charge >= 0.3 is 5.97 Å². The van der Waals surface area contributed by atoms with Crippen LogP contribution in [0.2, 0.25) is 0 Å². The highest BCUT2D eigenvalue weighted by molar-refractivity contribution is 9.10. The van der Waals surface area contributed by atoms with Gasteiger partial charge in [0.05, 0.1) is 5.56 Å². The molecule has 1 aromatic rings. The molecule has 1 heterocycles. The van der Waals surface area contributed by atoms with E-state index in [9.17, 15) is 9.59 Å². The molecule has 1 amide bonds. The third-order valence-corrected chi connectivity index (χ3v) is 3.87. The number of aromatic carboxylic acids is 1.